The summed E-state index contributed by atoms with van der Waals surface area (Å²) in [5, 5.41) is 12.0. The molecule has 0 aliphatic heterocycles. The van der Waals surface area contributed by atoms with Crippen LogP contribution in [-0.4, -0.2) is 27.6 Å². The van der Waals surface area contributed by atoms with E-state index in [1.54, 1.807) is 6.33 Å². The number of carboxylic acids is 1. The Morgan fingerprint density at radius 1 is 1.15 bits per heavy atom. The van der Waals surface area contributed by atoms with E-state index >= 15 is 0 Å². The van der Waals surface area contributed by atoms with Gasteiger partial charge in [0.15, 0.2) is 0 Å². The van der Waals surface area contributed by atoms with Gasteiger partial charge in [0, 0.05) is 24.2 Å². The van der Waals surface area contributed by atoms with Crippen molar-refractivity contribution >= 4 is 11.8 Å². The third-order valence-corrected chi connectivity index (χ3v) is 3.73. The number of unbranched alkanes of at least 4 members (excludes halogenated alkanes) is 3. The molecule has 110 valence electrons. The largest absolute Gasteiger partial charge is 0.481 e. The molecule has 20 heavy (non-hydrogen) atoms. The Bertz CT molecular complexity index is 449. The number of rotatable bonds is 8. The summed E-state index contributed by atoms with van der Waals surface area (Å²) >= 11 is 0. The van der Waals surface area contributed by atoms with E-state index in [1.807, 2.05) is 0 Å². The zero-order chi connectivity index (χ0) is 14.2. The quantitative estimate of drug-likeness (QED) is 0.715. The number of carboxylic acid groups (broad SMARTS) is 1. The molecule has 0 bridgehead atoms. The fourth-order valence-electron chi connectivity index (χ4n) is 2.64. The van der Waals surface area contributed by atoms with E-state index in [0.717, 1.165) is 50.9 Å². The molecule has 2 N–H and O–H groups in total. The second-order valence-corrected chi connectivity index (χ2v) is 5.34. The maximum atomic E-state index is 10.4. The summed E-state index contributed by atoms with van der Waals surface area (Å²) in [5.41, 5.74) is 2.50. The topological polar surface area (TPSA) is 75.1 Å². The number of aromatic nitrogens is 2. The number of nitrogens with one attached hydrogen (secondary N) is 1. The van der Waals surface area contributed by atoms with Crippen molar-refractivity contribution in [3.8, 4) is 0 Å². The van der Waals surface area contributed by atoms with Gasteiger partial charge in [-0.3, -0.25) is 4.79 Å². The van der Waals surface area contributed by atoms with E-state index in [0.29, 0.717) is 0 Å². The molecule has 1 aromatic rings. The predicted octanol–water partition coefficient (Wildman–Crippen LogP) is 2.80. The summed E-state index contributed by atoms with van der Waals surface area (Å²) in [5.74, 6) is 0.302. The minimum absolute atomic E-state index is 0.285. The lowest BCUT2D eigenvalue weighted by Gasteiger charge is -2.17. The van der Waals surface area contributed by atoms with Crippen LogP contribution in [0.5, 0.6) is 0 Å². The van der Waals surface area contributed by atoms with Gasteiger partial charge in [-0.25, -0.2) is 9.97 Å². The Kier molecular flexibility index (Phi) is 5.77. The second-order valence-electron chi connectivity index (χ2n) is 5.34. The molecule has 1 heterocycles. The molecular weight excluding hydrogens is 254 g/mol. The average molecular weight is 277 g/mol. The summed E-state index contributed by atoms with van der Waals surface area (Å²) in [7, 11) is 0. The normalized spacial score (nSPS) is 13.8. The Balaban J connectivity index is 1.68. The van der Waals surface area contributed by atoms with Gasteiger partial charge in [0.2, 0.25) is 0 Å². The lowest BCUT2D eigenvalue weighted by Crippen LogP contribution is -2.12. The van der Waals surface area contributed by atoms with Crippen molar-refractivity contribution in [2.24, 2.45) is 0 Å². The van der Waals surface area contributed by atoms with Gasteiger partial charge in [0.25, 0.3) is 0 Å². The Hall–Kier alpha value is -1.65. The number of carbonyl (C=O) groups is 1. The van der Waals surface area contributed by atoms with E-state index < -0.39 is 5.97 Å². The van der Waals surface area contributed by atoms with Gasteiger partial charge < -0.3 is 10.4 Å². The van der Waals surface area contributed by atoms with Gasteiger partial charge in [-0.2, -0.15) is 0 Å². The van der Waals surface area contributed by atoms with Crippen LogP contribution in [0.3, 0.4) is 0 Å². The number of aryl methyl sites for hydroxylation is 1. The van der Waals surface area contributed by atoms with E-state index in [9.17, 15) is 4.79 Å². The SMILES string of the molecule is O=C(O)CCCCCCNc1ncnc2c1CCCC2. The third-order valence-electron chi connectivity index (χ3n) is 3.73. The van der Waals surface area contributed by atoms with Crippen LogP contribution in [0, 0.1) is 0 Å². The number of aliphatic carboxylic acids is 1. The lowest BCUT2D eigenvalue weighted by atomic mass is 9.96. The highest BCUT2D eigenvalue weighted by Gasteiger charge is 2.14. The first kappa shape index (κ1) is 14.8. The summed E-state index contributed by atoms with van der Waals surface area (Å²) < 4.78 is 0. The van der Waals surface area contributed by atoms with Crippen LogP contribution in [0.1, 0.15) is 56.2 Å². The minimum Gasteiger partial charge on any atom is -0.481 e. The van der Waals surface area contributed by atoms with Crippen LogP contribution in [0.2, 0.25) is 0 Å². The Morgan fingerprint density at radius 3 is 2.80 bits per heavy atom. The fraction of sp³-hybridized carbons (Fsp3) is 0.667. The van der Waals surface area contributed by atoms with Crippen molar-refractivity contribution in [2.45, 2.75) is 57.8 Å². The molecular formula is C15H23N3O2. The van der Waals surface area contributed by atoms with Crippen molar-refractivity contribution in [1.29, 1.82) is 0 Å². The maximum Gasteiger partial charge on any atom is 0.303 e. The highest BCUT2D eigenvalue weighted by Crippen LogP contribution is 2.24. The molecule has 1 aromatic heterocycles. The summed E-state index contributed by atoms with van der Waals surface area (Å²) in [4.78, 5) is 19.1. The van der Waals surface area contributed by atoms with E-state index in [-0.39, 0.29) is 6.42 Å². The third kappa shape index (κ3) is 4.47. The number of hydrogen-bond donors (Lipinski definition) is 2. The molecule has 1 aliphatic carbocycles. The summed E-state index contributed by atoms with van der Waals surface area (Å²) in [6.07, 6.45) is 10.4. The Morgan fingerprint density at radius 2 is 1.95 bits per heavy atom. The molecule has 1 aliphatic rings. The van der Waals surface area contributed by atoms with Crippen LogP contribution in [0.15, 0.2) is 6.33 Å². The van der Waals surface area contributed by atoms with Crippen molar-refractivity contribution in [3.63, 3.8) is 0 Å². The molecule has 2 rings (SSSR count). The van der Waals surface area contributed by atoms with Crippen molar-refractivity contribution < 1.29 is 9.90 Å². The van der Waals surface area contributed by atoms with Gasteiger partial charge in [-0.15, -0.1) is 0 Å². The van der Waals surface area contributed by atoms with E-state index in [4.69, 9.17) is 5.11 Å². The predicted molar refractivity (Wildman–Crippen MR) is 77.9 cm³/mol. The molecule has 0 atom stereocenters. The van der Waals surface area contributed by atoms with E-state index in [1.165, 1.54) is 24.1 Å². The Labute approximate surface area is 119 Å². The smallest absolute Gasteiger partial charge is 0.303 e. The van der Waals surface area contributed by atoms with Crippen LogP contribution in [0.4, 0.5) is 5.82 Å². The molecule has 5 heteroatoms. The van der Waals surface area contributed by atoms with E-state index in [2.05, 4.69) is 15.3 Å². The molecule has 0 aromatic carbocycles. The summed E-state index contributed by atoms with van der Waals surface area (Å²) in [6.45, 7) is 0.899. The van der Waals surface area contributed by atoms with Crippen LogP contribution in [-0.2, 0) is 17.6 Å². The first-order valence-corrected chi connectivity index (χ1v) is 7.56. The molecule has 0 unspecified atom stereocenters. The highest BCUT2D eigenvalue weighted by atomic mass is 16.4. The van der Waals surface area contributed by atoms with Crippen LogP contribution < -0.4 is 5.32 Å². The number of nitrogens with zero attached hydrogens (tertiary/aromatic N) is 2. The molecule has 0 spiro atoms. The van der Waals surface area contributed by atoms with Crippen LogP contribution >= 0.6 is 0 Å². The second kappa shape index (κ2) is 7.82. The standard InChI is InChI=1S/C15H23N3O2/c19-14(20)9-3-1-2-6-10-16-15-12-7-4-5-8-13(12)17-11-18-15/h11H,1-10H2,(H,19,20)(H,16,17,18). The fourth-order valence-corrected chi connectivity index (χ4v) is 2.64. The van der Waals surface area contributed by atoms with Gasteiger partial charge in [-0.1, -0.05) is 12.8 Å². The first-order chi connectivity index (χ1) is 9.77. The van der Waals surface area contributed by atoms with Gasteiger partial charge >= 0.3 is 5.97 Å². The molecule has 5 nitrogen and oxygen atoms in total. The first-order valence-electron chi connectivity index (χ1n) is 7.56. The molecule has 0 saturated carbocycles. The highest BCUT2D eigenvalue weighted by molar-refractivity contribution is 5.66. The van der Waals surface area contributed by atoms with Gasteiger partial charge in [0.1, 0.15) is 12.1 Å². The number of hydrogen-bond acceptors (Lipinski definition) is 4. The zero-order valence-corrected chi connectivity index (χ0v) is 11.9. The minimum atomic E-state index is -0.698. The van der Waals surface area contributed by atoms with Gasteiger partial charge in [-0.05, 0) is 38.5 Å². The van der Waals surface area contributed by atoms with Crippen molar-refractivity contribution in [3.05, 3.63) is 17.6 Å². The van der Waals surface area contributed by atoms with Crippen LogP contribution in [0.25, 0.3) is 0 Å². The lowest BCUT2D eigenvalue weighted by molar-refractivity contribution is -0.137. The zero-order valence-electron chi connectivity index (χ0n) is 11.9. The van der Waals surface area contributed by atoms with Crippen molar-refractivity contribution in [1.82, 2.24) is 9.97 Å². The van der Waals surface area contributed by atoms with Crippen molar-refractivity contribution in [2.75, 3.05) is 11.9 Å². The number of fused-ring (bicyclic) bond motifs is 1. The molecule has 0 fully saturated rings. The number of anilines is 1. The maximum absolute atomic E-state index is 10.4. The molecule has 0 saturated heterocycles. The average Bonchev–Trinajstić information content (AvgIpc) is 2.46. The molecule has 0 radical (unpaired) electrons. The summed E-state index contributed by atoms with van der Waals surface area (Å²) in [6, 6.07) is 0. The van der Waals surface area contributed by atoms with Gasteiger partial charge in [0.05, 0.1) is 0 Å². The monoisotopic (exact) mass is 277 g/mol. The molecule has 0 amide bonds.